The average Bonchev–Trinajstić information content (AvgIpc) is 2.70. The largest absolute Gasteiger partial charge is 0.309 e. The van der Waals surface area contributed by atoms with Gasteiger partial charge in [0.1, 0.15) is 11.6 Å². The Morgan fingerprint density at radius 1 is 0.538 bits per heavy atom. The third-order valence-electron chi connectivity index (χ3n) is 3.48. The van der Waals surface area contributed by atoms with Crippen LogP contribution in [0.2, 0.25) is 0 Å². The van der Waals surface area contributed by atoms with Gasteiger partial charge in [0.2, 0.25) is 11.9 Å². The maximum Gasteiger partial charge on any atom is 0.233 e. The summed E-state index contributed by atoms with van der Waals surface area (Å²) in [6, 6.07) is 20.9. The Balaban J connectivity index is 1.72. The van der Waals surface area contributed by atoms with Crippen LogP contribution in [0.5, 0.6) is 0 Å². The molecule has 0 aliphatic carbocycles. The van der Waals surface area contributed by atoms with Crippen molar-refractivity contribution in [1.82, 2.24) is 24.9 Å². The molecule has 0 fully saturated rings. The minimum atomic E-state index is 0.399. The van der Waals surface area contributed by atoms with E-state index in [1.54, 1.807) is 12.4 Å². The third kappa shape index (κ3) is 3.78. The molecule has 0 radical (unpaired) electrons. The second kappa shape index (κ2) is 7.35. The Kier molecular flexibility index (Phi) is 4.42. The molecule has 0 saturated heterocycles. The molecule has 0 aliphatic rings. The van der Waals surface area contributed by atoms with Gasteiger partial charge in [-0.05, 0) is 24.3 Å². The topological polar surface area (TPSA) is 88.5 Å². The summed E-state index contributed by atoms with van der Waals surface area (Å²) in [7, 11) is 0. The van der Waals surface area contributed by atoms with Crippen LogP contribution in [-0.2, 0) is 0 Å². The maximum absolute atomic E-state index is 4.51. The number of hydrogen-bond donors (Lipinski definition) is 2. The minimum absolute atomic E-state index is 0.399. The van der Waals surface area contributed by atoms with Gasteiger partial charge in [0.25, 0.3) is 0 Å². The monoisotopic (exact) mass is 341 g/mol. The number of pyridine rings is 2. The Morgan fingerprint density at radius 3 is 1.58 bits per heavy atom. The summed E-state index contributed by atoms with van der Waals surface area (Å²) in [6.07, 6.45) is 3.41. The zero-order valence-electron chi connectivity index (χ0n) is 13.7. The maximum atomic E-state index is 4.51. The van der Waals surface area contributed by atoms with Crippen LogP contribution in [-0.4, -0.2) is 24.9 Å². The Labute approximate surface area is 150 Å². The number of anilines is 4. The Hall–Kier alpha value is -3.87. The molecule has 7 heteroatoms. The molecule has 2 N–H and O–H groups in total. The molecule has 0 atom stereocenters. The van der Waals surface area contributed by atoms with E-state index in [-0.39, 0.29) is 0 Å². The van der Waals surface area contributed by atoms with Crippen molar-refractivity contribution in [3.05, 3.63) is 79.1 Å². The lowest BCUT2D eigenvalue weighted by atomic mass is 10.2. The molecule has 0 aliphatic heterocycles. The van der Waals surface area contributed by atoms with Gasteiger partial charge in [-0.1, -0.05) is 42.5 Å². The van der Waals surface area contributed by atoms with Crippen molar-refractivity contribution in [2.24, 2.45) is 0 Å². The fourth-order valence-corrected chi connectivity index (χ4v) is 2.31. The highest BCUT2D eigenvalue weighted by atomic mass is 15.2. The van der Waals surface area contributed by atoms with E-state index in [1.807, 2.05) is 66.7 Å². The number of benzene rings is 1. The fraction of sp³-hybridized carbons (Fsp3) is 0. The number of aromatic nitrogens is 5. The highest BCUT2D eigenvalue weighted by Crippen LogP contribution is 2.20. The number of rotatable bonds is 5. The van der Waals surface area contributed by atoms with E-state index in [9.17, 15) is 0 Å². The summed E-state index contributed by atoms with van der Waals surface area (Å²) >= 11 is 0. The van der Waals surface area contributed by atoms with Crippen LogP contribution >= 0.6 is 0 Å². The van der Waals surface area contributed by atoms with Crippen molar-refractivity contribution in [2.75, 3.05) is 10.6 Å². The minimum Gasteiger partial charge on any atom is -0.309 e. The second-order valence-electron chi connectivity index (χ2n) is 5.35. The molecule has 0 bridgehead atoms. The Bertz CT molecular complexity index is 917. The van der Waals surface area contributed by atoms with Crippen molar-refractivity contribution in [1.29, 1.82) is 0 Å². The van der Waals surface area contributed by atoms with Gasteiger partial charge in [-0.2, -0.15) is 15.0 Å². The van der Waals surface area contributed by atoms with Crippen molar-refractivity contribution >= 4 is 23.5 Å². The van der Waals surface area contributed by atoms with E-state index in [1.165, 1.54) is 0 Å². The van der Waals surface area contributed by atoms with Gasteiger partial charge in [0.05, 0.1) is 0 Å². The summed E-state index contributed by atoms with van der Waals surface area (Å²) in [5.41, 5.74) is 0.892. The number of nitrogens with zero attached hydrogens (tertiary/aromatic N) is 5. The van der Waals surface area contributed by atoms with E-state index in [2.05, 4.69) is 35.6 Å². The highest BCUT2D eigenvalue weighted by Gasteiger charge is 2.10. The van der Waals surface area contributed by atoms with Crippen molar-refractivity contribution in [2.45, 2.75) is 0 Å². The van der Waals surface area contributed by atoms with E-state index in [0.29, 0.717) is 29.4 Å². The smallest absolute Gasteiger partial charge is 0.233 e. The normalized spacial score (nSPS) is 10.3. The van der Waals surface area contributed by atoms with Gasteiger partial charge >= 0.3 is 0 Å². The first-order valence-electron chi connectivity index (χ1n) is 8.04. The van der Waals surface area contributed by atoms with Crippen LogP contribution in [0.1, 0.15) is 0 Å². The van der Waals surface area contributed by atoms with Crippen LogP contribution in [0.15, 0.2) is 79.1 Å². The molecular weight excluding hydrogens is 326 g/mol. The molecule has 0 unspecified atom stereocenters. The number of hydrogen-bond acceptors (Lipinski definition) is 7. The van der Waals surface area contributed by atoms with Crippen LogP contribution < -0.4 is 10.6 Å². The van der Waals surface area contributed by atoms with Gasteiger partial charge in [-0.25, -0.2) is 9.97 Å². The van der Waals surface area contributed by atoms with E-state index < -0.39 is 0 Å². The van der Waals surface area contributed by atoms with Gasteiger partial charge < -0.3 is 10.6 Å². The quantitative estimate of drug-likeness (QED) is 0.570. The second-order valence-corrected chi connectivity index (χ2v) is 5.35. The lowest BCUT2D eigenvalue weighted by Crippen LogP contribution is -2.06. The van der Waals surface area contributed by atoms with Crippen LogP contribution in [0.3, 0.4) is 0 Å². The molecule has 4 rings (SSSR count). The molecular formula is C19H15N7. The van der Waals surface area contributed by atoms with Crippen molar-refractivity contribution < 1.29 is 0 Å². The van der Waals surface area contributed by atoms with E-state index >= 15 is 0 Å². The lowest BCUT2D eigenvalue weighted by Gasteiger charge is -2.09. The van der Waals surface area contributed by atoms with Crippen molar-refractivity contribution in [3.8, 4) is 11.4 Å². The third-order valence-corrected chi connectivity index (χ3v) is 3.48. The van der Waals surface area contributed by atoms with E-state index in [0.717, 1.165) is 5.56 Å². The molecule has 26 heavy (non-hydrogen) atoms. The predicted molar refractivity (Wildman–Crippen MR) is 100 cm³/mol. The lowest BCUT2D eigenvalue weighted by molar-refractivity contribution is 1.06. The molecule has 0 amide bonds. The summed E-state index contributed by atoms with van der Waals surface area (Å²) in [4.78, 5) is 21.9. The molecule has 4 aromatic rings. The molecule has 3 heterocycles. The standard InChI is InChI=1S/C19H15N7/c1-2-8-14(9-3-1)17-24-18(22-15-10-4-6-12-20-15)26-19(25-17)23-16-11-5-7-13-21-16/h1-13H,(H2,20,21,22,23,24,25,26). The van der Waals surface area contributed by atoms with Gasteiger partial charge in [0.15, 0.2) is 5.82 Å². The molecule has 1 aromatic carbocycles. The molecule has 7 nitrogen and oxygen atoms in total. The molecule has 0 spiro atoms. The van der Waals surface area contributed by atoms with Crippen LogP contribution in [0.25, 0.3) is 11.4 Å². The summed E-state index contributed by atoms with van der Waals surface area (Å²) in [5, 5.41) is 6.21. The van der Waals surface area contributed by atoms with Gasteiger partial charge in [0, 0.05) is 18.0 Å². The molecule has 0 saturated carbocycles. The molecule has 3 aromatic heterocycles. The predicted octanol–water partition coefficient (Wildman–Crippen LogP) is 3.82. The Morgan fingerprint density at radius 2 is 1.08 bits per heavy atom. The first-order valence-corrected chi connectivity index (χ1v) is 8.04. The highest BCUT2D eigenvalue weighted by molar-refractivity contribution is 5.61. The average molecular weight is 341 g/mol. The van der Waals surface area contributed by atoms with Gasteiger partial charge in [-0.15, -0.1) is 0 Å². The zero-order valence-corrected chi connectivity index (χ0v) is 13.7. The first-order chi connectivity index (χ1) is 12.9. The summed E-state index contributed by atoms with van der Waals surface area (Å²) in [6.45, 7) is 0. The SMILES string of the molecule is c1ccc(-c2nc(Nc3ccccn3)nc(Nc3ccccn3)n2)cc1. The van der Waals surface area contributed by atoms with Crippen LogP contribution in [0.4, 0.5) is 23.5 Å². The first kappa shape index (κ1) is 15.6. The van der Waals surface area contributed by atoms with Gasteiger partial charge in [-0.3, -0.25) is 0 Å². The molecule has 126 valence electrons. The summed E-state index contributed by atoms with van der Waals surface area (Å²) < 4.78 is 0. The number of nitrogens with one attached hydrogen (secondary N) is 2. The zero-order chi connectivity index (χ0) is 17.6. The van der Waals surface area contributed by atoms with Crippen LogP contribution in [0, 0.1) is 0 Å². The van der Waals surface area contributed by atoms with Crippen molar-refractivity contribution in [3.63, 3.8) is 0 Å². The van der Waals surface area contributed by atoms with E-state index in [4.69, 9.17) is 0 Å². The summed E-state index contributed by atoms with van der Waals surface area (Å²) in [5.74, 6) is 2.66. The fourth-order valence-electron chi connectivity index (χ4n) is 2.31.